The maximum absolute atomic E-state index is 11.1. The second-order valence-electron chi connectivity index (χ2n) is 4.75. The monoisotopic (exact) mass is 243 g/mol. The molecule has 0 bridgehead atoms. The highest BCUT2D eigenvalue weighted by Gasteiger charge is 2.50. The number of aromatic nitrogens is 3. The summed E-state index contributed by atoms with van der Waals surface area (Å²) >= 11 is 0. The van der Waals surface area contributed by atoms with E-state index < -0.39 is 11.4 Å². The van der Waals surface area contributed by atoms with Crippen molar-refractivity contribution in [3.63, 3.8) is 0 Å². The molecular formula is C13H13N3O2. The molecule has 5 heteroatoms. The van der Waals surface area contributed by atoms with Gasteiger partial charge in [0, 0.05) is 6.42 Å². The molecule has 1 N–H and O–H groups in total. The zero-order valence-electron chi connectivity index (χ0n) is 9.78. The van der Waals surface area contributed by atoms with Crippen molar-refractivity contribution in [3.8, 4) is 5.69 Å². The zero-order chi connectivity index (χ0) is 12.6. The van der Waals surface area contributed by atoms with Crippen LogP contribution in [0.2, 0.25) is 0 Å². The highest BCUT2D eigenvalue weighted by atomic mass is 16.4. The standard InChI is InChI=1S/C13H13N3O2/c17-12(18)13(6-7-13)8-10-9-16(15-14-10)11-4-2-1-3-5-11/h1-5,9H,6-8H2,(H,17,18). The molecular weight excluding hydrogens is 230 g/mol. The summed E-state index contributed by atoms with van der Waals surface area (Å²) in [6.45, 7) is 0. The van der Waals surface area contributed by atoms with Gasteiger partial charge >= 0.3 is 5.97 Å². The molecule has 3 rings (SSSR count). The molecule has 1 aromatic carbocycles. The van der Waals surface area contributed by atoms with E-state index in [-0.39, 0.29) is 0 Å². The van der Waals surface area contributed by atoms with Crippen LogP contribution in [0, 0.1) is 5.41 Å². The lowest BCUT2D eigenvalue weighted by atomic mass is 10.0. The predicted octanol–water partition coefficient (Wildman–Crippen LogP) is 1.67. The molecule has 1 fully saturated rings. The van der Waals surface area contributed by atoms with Crippen LogP contribution in [0.3, 0.4) is 0 Å². The van der Waals surface area contributed by atoms with E-state index in [1.54, 1.807) is 10.9 Å². The van der Waals surface area contributed by atoms with E-state index in [2.05, 4.69) is 10.3 Å². The third-order valence-corrected chi connectivity index (χ3v) is 3.39. The molecule has 0 saturated heterocycles. The molecule has 0 radical (unpaired) electrons. The van der Waals surface area contributed by atoms with E-state index in [4.69, 9.17) is 5.11 Å². The summed E-state index contributed by atoms with van der Waals surface area (Å²) in [5.41, 5.74) is 1.08. The Morgan fingerprint density at radius 2 is 2.06 bits per heavy atom. The van der Waals surface area contributed by atoms with Crippen LogP contribution in [0.4, 0.5) is 0 Å². The highest BCUT2D eigenvalue weighted by molar-refractivity contribution is 5.78. The Hall–Kier alpha value is -2.17. The predicted molar refractivity (Wildman–Crippen MR) is 64.4 cm³/mol. The molecule has 1 heterocycles. The number of carboxylic acids is 1. The molecule has 0 amide bonds. The Bertz CT molecular complexity index is 573. The Labute approximate surface area is 104 Å². The molecule has 5 nitrogen and oxygen atoms in total. The van der Waals surface area contributed by atoms with Gasteiger partial charge in [-0.05, 0) is 25.0 Å². The van der Waals surface area contributed by atoms with Crippen molar-refractivity contribution in [2.75, 3.05) is 0 Å². The van der Waals surface area contributed by atoms with Crippen molar-refractivity contribution >= 4 is 5.97 Å². The summed E-state index contributed by atoms with van der Waals surface area (Å²) in [5.74, 6) is -0.725. The summed E-state index contributed by atoms with van der Waals surface area (Å²) in [7, 11) is 0. The first-order valence-corrected chi connectivity index (χ1v) is 5.90. The number of aliphatic carboxylic acids is 1. The molecule has 0 aliphatic heterocycles. The Morgan fingerprint density at radius 1 is 1.33 bits per heavy atom. The molecule has 0 unspecified atom stereocenters. The van der Waals surface area contributed by atoms with Crippen molar-refractivity contribution < 1.29 is 9.90 Å². The van der Waals surface area contributed by atoms with Crippen molar-refractivity contribution in [2.45, 2.75) is 19.3 Å². The van der Waals surface area contributed by atoms with Crippen LogP contribution in [0.5, 0.6) is 0 Å². The van der Waals surface area contributed by atoms with Gasteiger partial charge in [-0.1, -0.05) is 23.4 Å². The minimum absolute atomic E-state index is 0.467. The van der Waals surface area contributed by atoms with Gasteiger partial charge in [0.25, 0.3) is 0 Å². The van der Waals surface area contributed by atoms with Gasteiger partial charge in [0.15, 0.2) is 0 Å². The summed E-state index contributed by atoms with van der Waals surface area (Å²) in [6, 6.07) is 9.66. The normalized spacial score (nSPS) is 16.4. The van der Waals surface area contributed by atoms with Crippen LogP contribution in [0.25, 0.3) is 5.69 Å². The Kier molecular flexibility index (Phi) is 2.40. The van der Waals surface area contributed by atoms with Gasteiger partial charge in [0.05, 0.1) is 23.0 Å². The number of para-hydroxylation sites is 1. The zero-order valence-corrected chi connectivity index (χ0v) is 9.78. The van der Waals surface area contributed by atoms with Crippen molar-refractivity contribution in [2.24, 2.45) is 5.41 Å². The first kappa shape index (κ1) is 11.0. The van der Waals surface area contributed by atoms with Gasteiger partial charge in [0.1, 0.15) is 0 Å². The van der Waals surface area contributed by atoms with Gasteiger partial charge in [-0.15, -0.1) is 5.10 Å². The number of nitrogens with zero attached hydrogens (tertiary/aromatic N) is 3. The van der Waals surface area contributed by atoms with Gasteiger partial charge in [-0.2, -0.15) is 0 Å². The lowest BCUT2D eigenvalue weighted by molar-refractivity contribution is -0.143. The second-order valence-corrected chi connectivity index (χ2v) is 4.75. The Morgan fingerprint density at radius 3 is 2.67 bits per heavy atom. The van der Waals surface area contributed by atoms with E-state index in [0.717, 1.165) is 24.2 Å². The maximum atomic E-state index is 11.1. The third-order valence-electron chi connectivity index (χ3n) is 3.39. The summed E-state index contributed by atoms with van der Waals surface area (Å²) in [5, 5.41) is 17.2. The summed E-state index contributed by atoms with van der Waals surface area (Å²) in [6.07, 6.45) is 3.74. The van der Waals surface area contributed by atoms with Gasteiger partial charge in [-0.3, -0.25) is 4.79 Å². The number of hydrogen-bond acceptors (Lipinski definition) is 3. The van der Waals surface area contributed by atoms with E-state index in [9.17, 15) is 4.79 Å². The first-order valence-electron chi connectivity index (χ1n) is 5.90. The topological polar surface area (TPSA) is 68.0 Å². The molecule has 92 valence electrons. The van der Waals surface area contributed by atoms with Crippen LogP contribution in [0.15, 0.2) is 36.5 Å². The highest BCUT2D eigenvalue weighted by Crippen LogP contribution is 2.48. The Balaban J connectivity index is 1.81. The number of carbonyl (C=O) groups is 1. The fourth-order valence-electron chi connectivity index (χ4n) is 2.05. The van der Waals surface area contributed by atoms with Crippen molar-refractivity contribution in [1.29, 1.82) is 0 Å². The van der Waals surface area contributed by atoms with Crippen molar-refractivity contribution in [1.82, 2.24) is 15.0 Å². The number of hydrogen-bond donors (Lipinski definition) is 1. The lowest BCUT2D eigenvalue weighted by Crippen LogP contribution is -2.17. The van der Waals surface area contributed by atoms with Gasteiger partial charge in [-0.25, -0.2) is 4.68 Å². The maximum Gasteiger partial charge on any atom is 0.310 e. The fourth-order valence-corrected chi connectivity index (χ4v) is 2.05. The quantitative estimate of drug-likeness (QED) is 0.887. The van der Waals surface area contributed by atoms with E-state index in [0.29, 0.717) is 6.42 Å². The van der Waals surface area contributed by atoms with Gasteiger partial charge < -0.3 is 5.11 Å². The largest absolute Gasteiger partial charge is 0.481 e. The molecule has 1 aliphatic carbocycles. The van der Waals surface area contributed by atoms with Crippen LogP contribution in [-0.4, -0.2) is 26.1 Å². The lowest BCUT2D eigenvalue weighted by Gasteiger charge is -2.05. The molecule has 1 aliphatic rings. The smallest absolute Gasteiger partial charge is 0.310 e. The van der Waals surface area contributed by atoms with E-state index in [1.165, 1.54) is 0 Å². The summed E-state index contributed by atoms with van der Waals surface area (Å²) in [4.78, 5) is 11.1. The number of benzene rings is 1. The van der Waals surface area contributed by atoms with E-state index in [1.807, 2.05) is 30.3 Å². The van der Waals surface area contributed by atoms with Crippen LogP contribution in [-0.2, 0) is 11.2 Å². The second kappa shape index (κ2) is 3.94. The SMILES string of the molecule is O=C(O)C1(Cc2cn(-c3ccccc3)nn2)CC1. The van der Waals surface area contributed by atoms with Crippen molar-refractivity contribution in [3.05, 3.63) is 42.2 Å². The first-order chi connectivity index (χ1) is 8.70. The number of rotatable bonds is 4. The number of carboxylic acid groups (broad SMARTS) is 1. The van der Waals surface area contributed by atoms with Crippen LogP contribution < -0.4 is 0 Å². The third kappa shape index (κ3) is 1.88. The van der Waals surface area contributed by atoms with Gasteiger partial charge in [0.2, 0.25) is 0 Å². The molecule has 1 saturated carbocycles. The minimum Gasteiger partial charge on any atom is -0.481 e. The van der Waals surface area contributed by atoms with Crippen LogP contribution >= 0.6 is 0 Å². The minimum atomic E-state index is -0.725. The molecule has 1 aromatic heterocycles. The molecule has 0 spiro atoms. The molecule has 2 aromatic rings. The molecule has 0 atom stereocenters. The molecule has 18 heavy (non-hydrogen) atoms. The fraction of sp³-hybridized carbons (Fsp3) is 0.308. The summed E-state index contributed by atoms with van der Waals surface area (Å²) < 4.78 is 1.67. The average Bonchev–Trinajstić information content (AvgIpc) is 3.01. The average molecular weight is 243 g/mol. The van der Waals surface area contributed by atoms with E-state index >= 15 is 0 Å². The van der Waals surface area contributed by atoms with Crippen LogP contribution in [0.1, 0.15) is 18.5 Å².